The molecule has 15 nitrogen and oxygen atoms in total. The summed E-state index contributed by atoms with van der Waals surface area (Å²) in [5, 5.41) is 80.6. The Morgan fingerprint density at radius 3 is 2.39 bits per heavy atom. The van der Waals surface area contributed by atoms with E-state index in [1.165, 1.54) is 43.5 Å². The zero-order chi connectivity index (χ0) is 32.0. The molecule has 0 radical (unpaired) electrons. The molecule has 2 aromatic carbocycles. The fraction of sp³-hybridized carbons (Fsp3) is 0.483. The van der Waals surface area contributed by atoms with E-state index in [1.54, 1.807) is 6.07 Å². The Labute approximate surface area is 251 Å². The van der Waals surface area contributed by atoms with Crippen LogP contribution in [-0.4, -0.2) is 129 Å². The molecule has 0 aromatic heterocycles. The van der Waals surface area contributed by atoms with E-state index in [2.05, 4.69) is 0 Å². The zero-order valence-electron chi connectivity index (χ0n) is 23.6. The summed E-state index contributed by atoms with van der Waals surface area (Å²) in [7, 11) is 1.36. The number of phenolic OH excluding ortho intramolecular Hbond substituents is 3. The molecule has 0 aliphatic carbocycles. The Bertz CT molecular complexity index is 1290. The van der Waals surface area contributed by atoms with Gasteiger partial charge in [0.1, 0.15) is 36.6 Å². The van der Waals surface area contributed by atoms with Crippen molar-refractivity contribution in [1.82, 2.24) is 0 Å². The van der Waals surface area contributed by atoms with E-state index in [-0.39, 0.29) is 36.0 Å². The smallest absolute Gasteiger partial charge is 0.331 e. The number of hydrogen-bond acceptors (Lipinski definition) is 15. The van der Waals surface area contributed by atoms with Gasteiger partial charge in [0.25, 0.3) is 0 Å². The number of phenols is 3. The van der Waals surface area contributed by atoms with Gasteiger partial charge in [0, 0.05) is 6.08 Å². The fourth-order valence-electron chi connectivity index (χ4n) is 4.68. The van der Waals surface area contributed by atoms with Crippen LogP contribution in [0.15, 0.2) is 42.5 Å². The molecule has 2 saturated heterocycles. The summed E-state index contributed by atoms with van der Waals surface area (Å²) in [6.45, 7) is -1.19. The van der Waals surface area contributed by atoms with Crippen molar-refractivity contribution in [3.8, 4) is 23.0 Å². The van der Waals surface area contributed by atoms with Gasteiger partial charge in [-0.3, -0.25) is 0 Å². The van der Waals surface area contributed by atoms with Crippen molar-refractivity contribution in [2.45, 2.75) is 61.7 Å². The lowest BCUT2D eigenvalue weighted by atomic mass is 9.97. The van der Waals surface area contributed by atoms with Gasteiger partial charge in [0.05, 0.1) is 26.9 Å². The van der Waals surface area contributed by atoms with Crippen LogP contribution in [0.2, 0.25) is 0 Å². The Kier molecular flexibility index (Phi) is 11.4. The third kappa shape index (κ3) is 7.95. The molecule has 9 atom stereocenters. The van der Waals surface area contributed by atoms with Crippen LogP contribution >= 0.6 is 0 Å². The number of ether oxygens (including phenoxy) is 6. The summed E-state index contributed by atoms with van der Waals surface area (Å²) in [5.41, 5.74) is 1.07. The number of methoxy groups -OCH3 is 1. The Morgan fingerprint density at radius 2 is 1.68 bits per heavy atom. The minimum atomic E-state index is -1.75. The number of aromatic hydroxyl groups is 3. The highest BCUT2D eigenvalue weighted by atomic mass is 16.7. The number of aliphatic hydroxyl groups excluding tert-OH is 5. The Balaban J connectivity index is 1.51. The fourth-order valence-corrected chi connectivity index (χ4v) is 4.68. The first-order chi connectivity index (χ1) is 21.0. The maximum Gasteiger partial charge on any atom is 0.331 e. The predicted molar refractivity (Wildman–Crippen MR) is 147 cm³/mol. The number of aliphatic hydroxyl groups is 5. The maximum atomic E-state index is 12.8. The molecule has 2 aromatic rings. The van der Waals surface area contributed by atoms with Gasteiger partial charge in [0.2, 0.25) is 0 Å². The molecule has 0 bridgehead atoms. The molecular formula is C29H36O15. The quantitative estimate of drug-likeness (QED) is 0.0842. The number of carbonyl (C=O) groups excluding carboxylic acids is 1. The van der Waals surface area contributed by atoms with Gasteiger partial charge < -0.3 is 69.3 Å². The zero-order valence-corrected chi connectivity index (χ0v) is 23.6. The van der Waals surface area contributed by atoms with E-state index in [4.69, 9.17) is 28.4 Å². The second-order valence-electron chi connectivity index (χ2n) is 10.2. The number of carbonyl (C=O) groups is 1. The molecule has 0 amide bonds. The molecule has 2 fully saturated rings. The third-order valence-electron chi connectivity index (χ3n) is 7.12. The topological polar surface area (TPSA) is 234 Å². The monoisotopic (exact) mass is 624 g/mol. The molecular weight excluding hydrogens is 588 g/mol. The first kappa shape index (κ1) is 33.4. The van der Waals surface area contributed by atoms with Gasteiger partial charge in [-0.25, -0.2) is 4.79 Å². The van der Waals surface area contributed by atoms with Crippen LogP contribution in [-0.2, 0) is 34.9 Å². The van der Waals surface area contributed by atoms with Crippen molar-refractivity contribution in [3.05, 3.63) is 53.6 Å². The summed E-state index contributed by atoms with van der Waals surface area (Å²) in [6.07, 6.45) is -11.2. The van der Waals surface area contributed by atoms with E-state index in [0.717, 1.165) is 6.08 Å². The van der Waals surface area contributed by atoms with Crippen LogP contribution < -0.4 is 4.74 Å². The third-order valence-corrected chi connectivity index (χ3v) is 7.12. The van der Waals surface area contributed by atoms with Gasteiger partial charge in [-0.05, 0) is 47.9 Å². The lowest BCUT2D eigenvalue weighted by Crippen LogP contribution is -2.64. The minimum absolute atomic E-state index is 0.0619. The average Bonchev–Trinajstić information content (AvgIpc) is 3.01. The molecule has 15 heteroatoms. The number of esters is 1. The van der Waals surface area contributed by atoms with E-state index >= 15 is 0 Å². The van der Waals surface area contributed by atoms with E-state index in [9.17, 15) is 45.6 Å². The first-order valence-corrected chi connectivity index (χ1v) is 13.7. The van der Waals surface area contributed by atoms with Crippen molar-refractivity contribution in [3.63, 3.8) is 0 Å². The molecule has 44 heavy (non-hydrogen) atoms. The van der Waals surface area contributed by atoms with Crippen LogP contribution in [0.4, 0.5) is 0 Å². The van der Waals surface area contributed by atoms with Gasteiger partial charge >= 0.3 is 5.97 Å². The molecule has 0 spiro atoms. The second kappa shape index (κ2) is 15.0. The van der Waals surface area contributed by atoms with Crippen molar-refractivity contribution in [2.24, 2.45) is 0 Å². The molecule has 0 unspecified atom stereocenters. The molecule has 8 N–H and O–H groups in total. The summed E-state index contributed by atoms with van der Waals surface area (Å²) in [6, 6.07) is 8.54. The predicted octanol–water partition coefficient (Wildman–Crippen LogP) is -1.10. The first-order valence-electron chi connectivity index (χ1n) is 13.7. The van der Waals surface area contributed by atoms with Crippen molar-refractivity contribution in [1.29, 1.82) is 0 Å². The summed E-state index contributed by atoms with van der Waals surface area (Å²) < 4.78 is 33.0. The van der Waals surface area contributed by atoms with Gasteiger partial charge in [-0.1, -0.05) is 12.1 Å². The summed E-state index contributed by atoms with van der Waals surface area (Å²) in [5.74, 6) is -1.49. The molecule has 2 aliphatic heterocycles. The second-order valence-corrected chi connectivity index (χ2v) is 10.2. The van der Waals surface area contributed by atoms with Gasteiger partial charge in [0.15, 0.2) is 41.7 Å². The van der Waals surface area contributed by atoms with Crippen LogP contribution in [0.25, 0.3) is 6.08 Å². The van der Waals surface area contributed by atoms with Crippen molar-refractivity contribution in [2.75, 3.05) is 26.9 Å². The highest BCUT2D eigenvalue weighted by molar-refractivity contribution is 5.87. The van der Waals surface area contributed by atoms with E-state index in [1.807, 2.05) is 0 Å². The standard InChI is InChI=1S/C29H36O15/c1-39-20-11-14(3-6-17(20)32)4-7-22(35)43-26-21(12-30)42-29(40-9-8-15-2-5-16(31)18(33)10-15)25(38)27(26)44-28-24(37)23(36)19(34)13-41-28/h2-7,10-11,19,21,23-34,36-38H,8-9,12-13H2,1H3/b7-4+/t19-,21+,23+,24+,25+,26+,27+,28-,29+/m0/s1. The minimum Gasteiger partial charge on any atom is -0.504 e. The largest absolute Gasteiger partial charge is 0.504 e. The maximum absolute atomic E-state index is 12.8. The van der Waals surface area contributed by atoms with Crippen LogP contribution in [0.1, 0.15) is 11.1 Å². The van der Waals surface area contributed by atoms with E-state index in [0.29, 0.717) is 11.1 Å². The van der Waals surface area contributed by atoms with Crippen molar-refractivity contribution >= 4 is 12.0 Å². The van der Waals surface area contributed by atoms with Gasteiger partial charge in [-0.2, -0.15) is 0 Å². The highest BCUT2D eigenvalue weighted by Crippen LogP contribution is 2.31. The molecule has 242 valence electrons. The summed E-state index contributed by atoms with van der Waals surface area (Å²) in [4.78, 5) is 12.8. The molecule has 2 heterocycles. The summed E-state index contributed by atoms with van der Waals surface area (Å²) >= 11 is 0. The molecule has 4 rings (SSSR count). The van der Waals surface area contributed by atoms with Crippen LogP contribution in [0.5, 0.6) is 23.0 Å². The molecule has 0 saturated carbocycles. The Hall–Kier alpha value is -3.51. The Morgan fingerprint density at radius 1 is 0.932 bits per heavy atom. The number of benzene rings is 2. The van der Waals surface area contributed by atoms with Crippen LogP contribution in [0, 0.1) is 0 Å². The lowest BCUT2D eigenvalue weighted by molar-refractivity contribution is -0.349. The van der Waals surface area contributed by atoms with E-state index < -0.39 is 74.5 Å². The average molecular weight is 625 g/mol. The SMILES string of the molecule is COc1cc(/C=C/C(=O)O[C@H]2[C@H](O[C@@H]3OC[C@H](O)[C@@H](O)[C@H]3O)[C@@H](O)[C@H](OCCc3ccc(O)c(O)c3)O[C@@H]2CO)ccc1O. The lowest BCUT2D eigenvalue weighted by Gasteiger charge is -2.45. The number of rotatable bonds is 11. The highest BCUT2D eigenvalue weighted by Gasteiger charge is 2.51. The number of hydrogen-bond donors (Lipinski definition) is 8. The van der Waals surface area contributed by atoms with Gasteiger partial charge in [-0.15, -0.1) is 0 Å². The normalized spacial score (nSPS) is 30.7. The van der Waals surface area contributed by atoms with Crippen molar-refractivity contribution < 1.29 is 74.1 Å². The van der Waals surface area contributed by atoms with Crippen LogP contribution in [0.3, 0.4) is 0 Å². The molecule has 2 aliphatic rings.